The van der Waals surface area contributed by atoms with Crippen LogP contribution in [0.5, 0.6) is 0 Å². The molecular formula is C5H8IN. The number of hydrogen-bond acceptors (Lipinski definition) is 1. The van der Waals surface area contributed by atoms with Gasteiger partial charge in [0.1, 0.15) is 0 Å². The first-order valence-electron chi connectivity index (χ1n) is 2.02. The van der Waals surface area contributed by atoms with Gasteiger partial charge < -0.3 is 0 Å². The average Bonchev–Trinajstić information content (AvgIpc) is 1.61. The Morgan fingerprint density at radius 3 is 2.43 bits per heavy atom. The van der Waals surface area contributed by atoms with E-state index in [1.165, 1.54) is 3.58 Å². The quantitative estimate of drug-likeness (QED) is 0.462. The van der Waals surface area contributed by atoms with Crippen LogP contribution in [0.3, 0.4) is 0 Å². The largest absolute Gasteiger partial charge is 0.296 e. The van der Waals surface area contributed by atoms with Crippen LogP contribution in [0.4, 0.5) is 0 Å². The summed E-state index contributed by atoms with van der Waals surface area (Å²) in [5.74, 6) is 0. The van der Waals surface area contributed by atoms with Crippen molar-refractivity contribution < 1.29 is 0 Å². The van der Waals surface area contributed by atoms with Crippen LogP contribution in [-0.4, -0.2) is 13.3 Å². The van der Waals surface area contributed by atoms with E-state index < -0.39 is 0 Å². The highest BCUT2D eigenvalue weighted by Crippen LogP contribution is 1.99. The highest BCUT2D eigenvalue weighted by Gasteiger charge is 1.68. The zero-order chi connectivity index (χ0) is 5.70. The second-order valence-electron chi connectivity index (χ2n) is 1.16. The first-order chi connectivity index (χ1) is 3.27. The Hall–Kier alpha value is 0.140. The van der Waals surface area contributed by atoms with Gasteiger partial charge >= 0.3 is 0 Å². The van der Waals surface area contributed by atoms with Crippen molar-refractivity contribution in [3.05, 3.63) is 9.66 Å². The maximum atomic E-state index is 3.77. The third-order valence-electron chi connectivity index (χ3n) is 0.453. The zero-order valence-electron chi connectivity index (χ0n) is 4.48. The van der Waals surface area contributed by atoms with Crippen LogP contribution in [0.1, 0.15) is 6.92 Å². The molecule has 0 bridgehead atoms. The van der Waals surface area contributed by atoms with Crippen molar-refractivity contribution in [1.82, 2.24) is 0 Å². The molecule has 0 aliphatic rings. The monoisotopic (exact) mass is 209 g/mol. The molecule has 0 radical (unpaired) electrons. The molecule has 0 amide bonds. The molecule has 0 rings (SSSR count). The molecule has 0 aromatic rings. The third kappa shape index (κ3) is 6.14. The van der Waals surface area contributed by atoms with Crippen molar-refractivity contribution in [2.24, 2.45) is 4.99 Å². The van der Waals surface area contributed by atoms with Gasteiger partial charge in [0, 0.05) is 13.3 Å². The molecule has 0 saturated carbocycles. The smallest absolute Gasteiger partial charge is 0.0277 e. The molecule has 0 aromatic carbocycles. The molecule has 2 heteroatoms. The number of allylic oxidation sites excluding steroid dienone is 2. The summed E-state index contributed by atoms with van der Waals surface area (Å²) >= 11 is 2.24. The number of nitrogens with zero attached hydrogens (tertiary/aromatic N) is 1. The minimum atomic E-state index is 1.25. The highest BCUT2D eigenvalue weighted by molar-refractivity contribution is 14.1. The van der Waals surface area contributed by atoms with E-state index in [2.05, 4.69) is 27.6 Å². The summed E-state index contributed by atoms with van der Waals surface area (Å²) in [6.45, 7) is 2.03. The summed E-state index contributed by atoms with van der Waals surface area (Å²) in [6.07, 6.45) is 3.74. The average molecular weight is 209 g/mol. The molecule has 0 spiro atoms. The van der Waals surface area contributed by atoms with E-state index in [0.717, 1.165) is 0 Å². The predicted molar refractivity (Wildman–Crippen MR) is 42.2 cm³/mol. The van der Waals surface area contributed by atoms with Gasteiger partial charge in [-0.05, 0) is 39.2 Å². The minimum Gasteiger partial charge on any atom is -0.296 e. The van der Waals surface area contributed by atoms with Crippen LogP contribution in [0.15, 0.2) is 14.6 Å². The van der Waals surface area contributed by atoms with Crippen LogP contribution in [-0.2, 0) is 0 Å². The Balaban J connectivity index is 3.46. The Morgan fingerprint density at radius 2 is 2.29 bits per heavy atom. The van der Waals surface area contributed by atoms with Gasteiger partial charge in [0.2, 0.25) is 0 Å². The molecule has 0 heterocycles. The van der Waals surface area contributed by atoms with Gasteiger partial charge in [-0.25, -0.2) is 0 Å². The SMILES string of the molecule is C/N=C\C=C(/C)I. The van der Waals surface area contributed by atoms with Crippen LogP contribution >= 0.6 is 22.6 Å². The molecule has 7 heavy (non-hydrogen) atoms. The zero-order valence-corrected chi connectivity index (χ0v) is 6.64. The molecule has 0 aromatic heterocycles. The summed E-state index contributed by atoms with van der Waals surface area (Å²) in [6, 6.07) is 0. The van der Waals surface area contributed by atoms with E-state index in [-0.39, 0.29) is 0 Å². The molecule has 0 atom stereocenters. The lowest BCUT2D eigenvalue weighted by Crippen LogP contribution is -1.61. The first kappa shape index (κ1) is 7.14. The fourth-order valence-electron chi connectivity index (χ4n) is 0.177. The maximum absolute atomic E-state index is 3.77. The predicted octanol–water partition coefficient (Wildman–Crippen LogP) is 2.03. The normalized spacial score (nSPS) is 13.3. The van der Waals surface area contributed by atoms with Gasteiger partial charge in [0.25, 0.3) is 0 Å². The topological polar surface area (TPSA) is 12.4 Å². The summed E-state index contributed by atoms with van der Waals surface area (Å²) in [5, 5.41) is 0. The van der Waals surface area contributed by atoms with Gasteiger partial charge in [-0.15, -0.1) is 0 Å². The summed E-state index contributed by atoms with van der Waals surface area (Å²) < 4.78 is 1.25. The second-order valence-corrected chi connectivity index (χ2v) is 2.86. The van der Waals surface area contributed by atoms with Crippen molar-refractivity contribution >= 4 is 28.8 Å². The van der Waals surface area contributed by atoms with Crippen molar-refractivity contribution in [2.75, 3.05) is 7.05 Å². The number of halogens is 1. The number of hydrogen-bond donors (Lipinski definition) is 0. The fourth-order valence-corrected chi connectivity index (χ4v) is 0.338. The molecular weight excluding hydrogens is 201 g/mol. The number of aliphatic imine (C=N–C) groups is 1. The van der Waals surface area contributed by atoms with Crippen LogP contribution < -0.4 is 0 Å². The molecule has 1 nitrogen and oxygen atoms in total. The van der Waals surface area contributed by atoms with Gasteiger partial charge in [0.05, 0.1) is 0 Å². The lowest BCUT2D eigenvalue weighted by Gasteiger charge is -1.75. The summed E-state index contributed by atoms with van der Waals surface area (Å²) in [5.41, 5.74) is 0. The second kappa shape index (κ2) is 4.30. The Labute approximate surface area is 57.7 Å². The van der Waals surface area contributed by atoms with Gasteiger partial charge in [-0.2, -0.15) is 0 Å². The van der Waals surface area contributed by atoms with E-state index in [0.29, 0.717) is 0 Å². The Bertz CT molecular complexity index is 90.3. The van der Waals surface area contributed by atoms with E-state index in [4.69, 9.17) is 0 Å². The molecule has 0 aliphatic carbocycles. The van der Waals surface area contributed by atoms with E-state index in [9.17, 15) is 0 Å². The van der Waals surface area contributed by atoms with E-state index in [1.807, 2.05) is 13.0 Å². The Morgan fingerprint density at radius 1 is 1.71 bits per heavy atom. The Kier molecular flexibility index (Phi) is 4.39. The van der Waals surface area contributed by atoms with Crippen LogP contribution in [0, 0.1) is 0 Å². The van der Waals surface area contributed by atoms with Gasteiger partial charge in [0.15, 0.2) is 0 Å². The first-order valence-corrected chi connectivity index (χ1v) is 3.10. The highest BCUT2D eigenvalue weighted by atomic mass is 127. The summed E-state index contributed by atoms with van der Waals surface area (Å²) in [7, 11) is 1.76. The fraction of sp³-hybridized carbons (Fsp3) is 0.400. The molecule has 0 fully saturated rings. The standard InChI is InChI=1S/C5H8IN/c1-5(6)3-4-7-2/h3-4H,1-2H3/b5-3+,7-4-. The van der Waals surface area contributed by atoms with Crippen LogP contribution in [0.25, 0.3) is 0 Å². The van der Waals surface area contributed by atoms with E-state index in [1.54, 1.807) is 13.3 Å². The molecule has 40 valence electrons. The summed E-state index contributed by atoms with van der Waals surface area (Å²) in [4.78, 5) is 3.77. The third-order valence-corrected chi connectivity index (χ3v) is 0.813. The maximum Gasteiger partial charge on any atom is 0.0277 e. The van der Waals surface area contributed by atoms with Gasteiger partial charge in [-0.1, -0.05) is 0 Å². The van der Waals surface area contributed by atoms with Gasteiger partial charge in [-0.3, -0.25) is 4.99 Å². The van der Waals surface area contributed by atoms with Crippen molar-refractivity contribution in [3.8, 4) is 0 Å². The molecule has 0 N–H and O–H groups in total. The van der Waals surface area contributed by atoms with Crippen molar-refractivity contribution in [1.29, 1.82) is 0 Å². The molecule has 0 unspecified atom stereocenters. The van der Waals surface area contributed by atoms with Crippen LogP contribution in [0.2, 0.25) is 0 Å². The van der Waals surface area contributed by atoms with Crippen molar-refractivity contribution in [3.63, 3.8) is 0 Å². The lowest BCUT2D eigenvalue weighted by atomic mass is 10.6. The number of rotatable bonds is 1. The van der Waals surface area contributed by atoms with Crippen molar-refractivity contribution in [2.45, 2.75) is 6.92 Å². The lowest BCUT2D eigenvalue weighted by molar-refractivity contribution is 1.47. The minimum absolute atomic E-state index is 1.25. The molecule has 0 aliphatic heterocycles. The van der Waals surface area contributed by atoms with E-state index >= 15 is 0 Å². The molecule has 0 saturated heterocycles.